The van der Waals surface area contributed by atoms with E-state index in [0.717, 1.165) is 13.2 Å². The number of hydrazine groups is 1. The van der Waals surface area contributed by atoms with E-state index < -0.39 is 0 Å². The van der Waals surface area contributed by atoms with Gasteiger partial charge in [-0.05, 0) is 12.8 Å². The van der Waals surface area contributed by atoms with Crippen LogP contribution in [0.1, 0.15) is 19.3 Å². The minimum atomic E-state index is 1.07. The van der Waals surface area contributed by atoms with Crippen molar-refractivity contribution in [1.29, 1.82) is 0 Å². The van der Waals surface area contributed by atoms with E-state index in [1.165, 1.54) is 38.9 Å². The molecule has 0 bridgehead atoms. The molecule has 0 radical (unpaired) electrons. The third-order valence-electron chi connectivity index (χ3n) is 2.57. The van der Waals surface area contributed by atoms with Crippen LogP contribution < -0.4 is 5.32 Å². The Morgan fingerprint density at radius 2 is 1.64 bits per heavy atom. The molecule has 0 amide bonds. The second-order valence-electron chi connectivity index (χ2n) is 3.40. The summed E-state index contributed by atoms with van der Waals surface area (Å²) in [4.78, 5) is 0. The number of hydrogen-bond donors (Lipinski definition) is 1. The predicted molar refractivity (Wildman–Crippen MR) is 45.0 cm³/mol. The van der Waals surface area contributed by atoms with Crippen LogP contribution in [0.2, 0.25) is 0 Å². The first-order valence-corrected chi connectivity index (χ1v) is 4.67. The zero-order valence-corrected chi connectivity index (χ0v) is 7.05. The normalized spacial score (nSPS) is 29.5. The second-order valence-corrected chi connectivity index (χ2v) is 3.40. The van der Waals surface area contributed by atoms with Gasteiger partial charge in [0.1, 0.15) is 0 Å². The van der Waals surface area contributed by atoms with Crippen LogP contribution in [0.4, 0.5) is 0 Å². The van der Waals surface area contributed by atoms with Crippen molar-refractivity contribution in [3.63, 3.8) is 0 Å². The Bertz CT molecular complexity index is 115. The van der Waals surface area contributed by atoms with E-state index in [2.05, 4.69) is 15.3 Å². The van der Waals surface area contributed by atoms with Crippen molar-refractivity contribution in [1.82, 2.24) is 15.3 Å². The van der Waals surface area contributed by atoms with Gasteiger partial charge >= 0.3 is 0 Å². The van der Waals surface area contributed by atoms with E-state index in [4.69, 9.17) is 0 Å². The molecule has 0 spiro atoms. The van der Waals surface area contributed by atoms with Gasteiger partial charge in [-0.1, -0.05) is 6.42 Å². The Morgan fingerprint density at radius 1 is 0.818 bits per heavy atom. The molecule has 2 rings (SSSR count). The fraction of sp³-hybridized carbons (Fsp3) is 1.00. The number of rotatable bonds is 1. The zero-order chi connectivity index (χ0) is 7.52. The van der Waals surface area contributed by atoms with Crippen LogP contribution in [0.5, 0.6) is 0 Å². The van der Waals surface area contributed by atoms with Crippen LogP contribution >= 0.6 is 0 Å². The molecular weight excluding hydrogens is 138 g/mol. The molecule has 3 heteroatoms. The number of piperidine rings is 1. The van der Waals surface area contributed by atoms with E-state index in [9.17, 15) is 0 Å². The standard InChI is InChI=1S/C8H17N3/c1-2-5-10(6-3-1)11-7-4-9-8-11/h9H,1-8H2. The lowest BCUT2D eigenvalue weighted by molar-refractivity contribution is -0.0197. The molecule has 1 N–H and O–H groups in total. The van der Waals surface area contributed by atoms with Crippen molar-refractivity contribution in [3.05, 3.63) is 0 Å². The largest absolute Gasteiger partial charge is 0.302 e. The van der Waals surface area contributed by atoms with Crippen LogP contribution in [-0.2, 0) is 0 Å². The molecule has 3 nitrogen and oxygen atoms in total. The van der Waals surface area contributed by atoms with Crippen LogP contribution in [0.3, 0.4) is 0 Å². The summed E-state index contributed by atoms with van der Waals surface area (Å²) in [5.74, 6) is 0. The molecule has 0 aromatic carbocycles. The SMILES string of the molecule is C1CCN(N2CCNC2)CC1. The predicted octanol–water partition coefficient (Wildman–Crippen LogP) is 0.250. The van der Waals surface area contributed by atoms with Gasteiger partial charge in [0.25, 0.3) is 0 Å². The highest BCUT2D eigenvalue weighted by Crippen LogP contribution is 2.11. The molecular formula is C8H17N3. The van der Waals surface area contributed by atoms with E-state index >= 15 is 0 Å². The quantitative estimate of drug-likeness (QED) is 0.585. The molecule has 2 aliphatic rings. The summed E-state index contributed by atoms with van der Waals surface area (Å²) in [5.41, 5.74) is 0. The minimum absolute atomic E-state index is 1.07. The van der Waals surface area contributed by atoms with E-state index in [0.29, 0.717) is 0 Å². The Balaban J connectivity index is 1.82. The Labute approximate surface area is 68.3 Å². The van der Waals surface area contributed by atoms with Crippen molar-refractivity contribution in [3.8, 4) is 0 Å². The lowest BCUT2D eigenvalue weighted by Crippen LogP contribution is -2.44. The molecule has 2 saturated heterocycles. The lowest BCUT2D eigenvalue weighted by Gasteiger charge is -2.33. The van der Waals surface area contributed by atoms with Gasteiger partial charge in [-0.2, -0.15) is 0 Å². The summed E-state index contributed by atoms with van der Waals surface area (Å²) in [7, 11) is 0. The summed E-state index contributed by atoms with van der Waals surface area (Å²) in [6, 6.07) is 0. The smallest absolute Gasteiger partial charge is 0.0624 e. The fourth-order valence-electron chi connectivity index (χ4n) is 1.90. The summed E-state index contributed by atoms with van der Waals surface area (Å²) in [6.45, 7) is 6.00. The van der Waals surface area contributed by atoms with Crippen LogP contribution in [-0.4, -0.2) is 42.9 Å². The van der Waals surface area contributed by atoms with Gasteiger partial charge in [-0.15, -0.1) is 0 Å². The van der Waals surface area contributed by atoms with Gasteiger partial charge in [-0.25, -0.2) is 10.0 Å². The first kappa shape index (κ1) is 7.53. The molecule has 0 aromatic rings. The van der Waals surface area contributed by atoms with Gasteiger partial charge in [0.2, 0.25) is 0 Å². The summed E-state index contributed by atoms with van der Waals surface area (Å²) < 4.78 is 0. The van der Waals surface area contributed by atoms with Crippen LogP contribution in [0.25, 0.3) is 0 Å². The number of nitrogens with one attached hydrogen (secondary N) is 1. The third kappa shape index (κ3) is 1.72. The molecule has 2 heterocycles. The van der Waals surface area contributed by atoms with Crippen molar-refractivity contribution in [2.75, 3.05) is 32.8 Å². The van der Waals surface area contributed by atoms with Crippen molar-refractivity contribution in [2.45, 2.75) is 19.3 Å². The van der Waals surface area contributed by atoms with Gasteiger partial charge in [-0.3, -0.25) is 0 Å². The highest BCUT2D eigenvalue weighted by molar-refractivity contribution is 4.68. The molecule has 2 aliphatic heterocycles. The molecule has 0 aliphatic carbocycles. The molecule has 0 saturated carbocycles. The van der Waals surface area contributed by atoms with Gasteiger partial charge in [0, 0.05) is 26.2 Å². The molecule has 0 aromatic heterocycles. The Kier molecular flexibility index (Phi) is 2.41. The Hall–Kier alpha value is -0.120. The van der Waals surface area contributed by atoms with Crippen molar-refractivity contribution < 1.29 is 0 Å². The summed E-state index contributed by atoms with van der Waals surface area (Å²) in [6.07, 6.45) is 4.20. The molecule has 11 heavy (non-hydrogen) atoms. The van der Waals surface area contributed by atoms with E-state index in [-0.39, 0.29) is 0 Å². The molecule has 2 fully saturated rings. The van der Waals surface area contributed by atoms with Crippen molar-refractivity contribution >= 4 is 0 Å². The molecule has 64 valence electrons. The maximum absolute atomic E-state index is 3.35. The Morgan fingerprint density at radius 3 is 2.27 bits per heavy atom. The number of nitrogens with zero attached hydrogens (tertiary/aromatic N) is 2. The van der Waals surface area contributed by atoms with Gasteiger partial charge in [0.15, 0.2) is 0 Å². The fourth-order valence-corrected chi connectivity index (χ4v) is 1.90. The third-order valence-corrected chi connectivity index (χ3v) is 2.57. The average molecular weight is 155 g/mol. The van der Waals surface area contributed by atoms with Crippen LogP contribution in [0.15, 0.2) is 0 Å². The van der Waals surface area contributed by atoms with E-state index in [1.54, 1.807) is 0 Å². The minimum Gasteiger partial charge on any atom is -0.302 e. The van der Waals surface area contributed by atoms with Gasteiger partial charge < -0.3 is 5.32 Å². The second kappa shape index (κ2) is 3.52. The maximum Gasteiger partial charge on any atom is 0.0624 e. The highest BCUT2D eigenvalue weighted by atomic mass is 15.7. The van der Waals surface area contributed by atoms with Crippen LogP contribution in [0, 0.1) is 0 Å². The summed E-state index contributed by atoms with van der Waals surface area (Å²) >= 11 is 0. The van der Waals surface area contributed by atoms with Crippen molar-refractivity contribution in [2.24, 2.45) is 0 Å². The highest BCUT2D eigenvalue weighted by Gasteiger charge is 2.20. The molecule has 0 atom stereocenters. The topological polar surface area (TPSA) is 18.5 Å². The van der Waals surface area contributed by atoms with E-state index in [1.807, 2.05) is 0 Å². The first-order valence-electron chi connectivity index (χ1n) is 4.67. The monoisotopic (exact) mass is 155 g/mol. The number of hydrogen-bond acceptors (Lipinski definition) is 3. The zero-order valence-electron chi connectivity index (χ0n) is 7.05. The lowest BCUT2D eigenvalue weighted by atomic mass is 10.2. The molecule has 0 unspecified atom stereocenters. The first-order chi connectivity index (χ1) is 5.47. The average Bonchev–Trinajstić information content (AvgIpc) is 2.58. The van der Waals surface area contributed by atoms with Gasteiger partial charge in [0.05, 0.1) is 6.67 Å². The maximum atomic E-state index is 3.35. The summed E-state index contributed by atoms with van der Waals surface area (Å²) in [5, 5.41) is 8.30.